The van der Waals surface area contributed by atoms with Crippen molar-refractivity contribution in [1.82, 2.24) is 9.80 Å². The van der Waals surface area contributed by atoms with Gasteiger partial charge in [0.1, 0.15) is 5.84 Å². The Bertz CT molecular complexity index is 427. The summed E-state index contributed by atoms with van der Waals surface area (Å²) in [6.07, 6.45) is 6.17. The fourth-order valence-corrected chi connectivity index (χ4v) is 3.55. The van der Waals surface area contributed by atoms with Crippen LogP contribution >= 0.6 is 0 Å². The van der Waals surface area contributed by atoms with Gasteiger partial charge in [-0.2, -0.15) is 0 Å². The molecule has 3 aliphatic rings. The molecule has 2 fully saturated rings. The molecule has 6 heteroatoms. The molecule has 4 N–H and O–H groups in total. The van der Waals surface area contributed by atoms with E-state index in [9.17, 15) is 0 Å². The van der Waals surface area contributed by atoms with Gasteiger partial charge in [0.15, 0.2) is 6.29 Å². The third-order valence-electron chi connectivity index (χ3n) is 5.08. The molecular formula is C14H25N5O. The van der Waals surface area contributed by atoms with E-state index in [4.69, 9.17) is 16.2 Å². The van der Waals surface area contributed by atoms with Crippen LogP contribution in [0.5, 0.6) is 0 Å². The van der Waals surface area contributed by atoms with Gasteiger partial charge >= 0.3 is 0 Å². The molecule has 3 rings (SSSR count). The average molecular weight is 279 g/mol. The van der Waals surface area contributed by atoms with Crippen LogP contribution in [0.3, 0.4) is 0 Å². The van der Waals surface area contributed by atoms with E-state index in [1.807, 2.05) is 19.3 Å². The minimum absolute atomic E-state index is 0.0216. The smallest absolute Gasteiger partial charge is 0.180 e. The summed E-state index contributed by atoms with van der Waals surface area (Å²) in [6, 6.07) is 0.155. The van der Waals surface area contributed by atoms with Gasteiger partial charge in [0.2, 0.25) is 0 Å². The zero-order valence-corrected chi connectivity index (χ0v) is 12.3. The number of ether oxygens (including phenoxy) is 1. The number of aliphatic imine (C=N–C) groups is 1. The summed E-state index contributed by atoms with van der Waals surface area (Å²) >= 11 is 0. The van der Waals surface area contributed by atoms with Gasteiger partial charge in [0.25, 0.3) is 0 Å². The lowest BCUT2D eigenvalue weighted by atomic mass is 9.73. The van der Waals surface area contributed by atoms with Gasteiger partial charge in [-0.1, -0.05) is 0 Å². The largest absolute Gasteiger partial charge is 0.384 e. The molecular weight excluding hydrogens is 254 g/mol. The van der Waals surface area contributed by atoms with E-state index in [0.717, 1.165) is 32.5 Å². The minimum Gasteiger partial charge on any atom is -0.384 e. The maximum Gasteiger partial charge on any atom is 0.180 e. The first-order valence-corrected chi connectivity index (χ1v) is 7.36. The van der Waals surface area contributed by atoms with Crippen molar-refractivity contribution < 1.29 is 4.74 Å². The molecule has 0 amide bonds. The van der Waals surface area contributed by atoms with Gasteiger partial charge in [0.05, 0.1) is 12.7 Å². The van der Waals surface area contributed by atoms with Crippen molar-refractivity contribution in [3.8, 4) is 0 Å². The van der Waals surface area contributed by atoms with Crippen molar-refractivity contribution in [2.24, 2.45) is 21.9 Å². The molecule has 112 valence electrons. The quantitative estimate of drug-likeness (QED) is 0.701. The summed E-state index contributed by atoms with van der Waals surface area (Å²) in [5.41, 5.74) is 12.3. The summed E-state index contributed by atoms with van der Waals surface area (Å²) in [5.74, 6) is 0.600. The maximum absolute atomic E-state index is 6.35. The fourth-order valence-electron chi connectivity index (χ4n) is 3.55. The Morgan fingerprint density at radius 2 is 2.10 bits per heavy atom. The maximum atomic E-state index is 6.35. The first-order valence-electron chi connectivity index (χ1n) is 7.36. The first kappa shape index (κ1) is 13.9. The lowest BCUT2D eigenvalue weighted by Crippen LogP contribution is -2.55. The first-order chi connectivity index (χ1) is 9.52. The highest BCUT2D eigenvalue weighted by Gasteiger charge is 2.48. The lowest BCUT2D eigenvalue weighted by molar-refractivity contribution is 0.0176. The van der Waals surface area contributed by atoms with Crippen LogP contribution in [0.15, 0.2) is 17.3 Å². The molecule has 2 saturated heterocycles. The molecule has 1 spiro atoms. The molecule has 20 heavy (non-hydrogen) atoms. The highest BCUT2D eigenvalue weighted by molar-refractivity contribution is 5.91. The Labute approximate surface area is 120 Å². The Morgan fingerprint density at radius 1 is 1.40 bits per heavy atom. The predicted molar refractivity (Wildman–Crippen MR) is 78.9 cm³/mol. The number of rotatable bonds is 1. The van der Waals surface area contributed by atoms with Crippen LogP contribution in [0, 0.1) is 5.41 Å². The van der Waals surface area contributed by atoms with Crippen molar-refractivity contribution in [2.75, 3.05) is 26.7 Å². The molecule has 0 aromatic carbocycles. The second-order valence-corrected chi connectivity index (χ2v) is 6.32. The van der Waals surface area contributed by atoms with Crippen molar-refractivity contribution >= 4 is 5.84 Å². The van der Waals surface area contributed by atoms with Gasteiger partial charge in [0, 0.05) is 37.8 Å². The topological polar surface area (TPSA) is 80.1 Å². The Morgan fingerprint density at radius 3 is 2.70 bits per heavy atom. The molecule has 0 bridgehead atoms. The Hall–Kier alpha value is -1.11. The van der Waals surface area contributed by atoms with E-state index < -0.39 is 0 Å². The monoisotopic (exact) mass is 279 g/mol. The molecule has 0 saturated carbocycles. The number of hydrogen-bond acceptors (Lipinski definition) is 6. The van der Waals surface area contributed by atoms with Crippen LogP contribution in [0.1, 0.15) is 19.8 Å². The summed E-state index contributed by atoms with van der Waals surface area (Å²) in [5, 5.41) is 0. The molecule has 0 aromatic rings. The predicted octanol–water partition coefficient (Wildman–Crippen LogP) is -0.0855. The number of piperidine rings is 1. The van der Waals surface area contributed by atoms with Crippen molar-refractivity contribution in [2.45, 2.75) is 38.2 Å². The highest BCUT2D eigenvalue weighted by Crippen LogP contribution is 2.41. The van der Waals surface area contributed by atoms with E-state index in [1.165, 1.54) is 0 Å². The zero-order valence-electron chi connectivity index (χ0n) is 12.3. The van der Waals surface area contributed by atoms with Gasteiger partial charge in [-0.25, -0.2) is 4.99 Å². The second kappa shape index (κ2) is 5.02. The van der Waals surface area contributed by atoms with Crippen LogP contribution in [-0.2, 0) is 4.74 Å². The normalized spacial score (nSPS) is 37.5. The standard InChI is InChI=1S/C14H25N5O/c1-10-12(16)14(9-20-10)4-7-19(8-5-14)13-17-11(15)3-6-18(13)2/h3,6,10,12-13H,4-5,7-9,16H2,1-2H3,(H2,15,17)/t10-,12+,13?/m0/s1. The number of nitrogens with two attached hydrogens (primary N) is 2. The third-order valence-corrected chi connectivity index (χ3v) is 5.08. The fraction of sp³-hybridized carbons (Fsp3) is 0.786. The molecule has 3 aliphatic heterocycles. The highest BCUT2D eigenvalue weighted by atomic mass is 16.5. The van der Waals surface area contributed by atoms with E-state index in [1.54, 1.807) is 0 Å². The molecule has 3 atom stereocenters. The SMILES string of the molecule is C[C@@H]1OCC2(CCN(C3N=C(N)C=CN3C)CC2)[C@@H]1N. The van der Waals surface area contributed by atoms with E-state index >= 15 is 0 Å². The summed E-state index contributed by atoms with van der Waals surface area (Å²) in [6.45, 7) is 4.86. The Kier molecular flexibility index (Phi) is 3.48. The third kappa shape index (κ3) is 2.21. The molecule has 0 radical (unpaired) electrons. The van der Waals surface area contributed by atoms with Gasteiger partial charge in [-0.3, -0.25) is 4.90 Å². The zero-order chi connectivity index (χ0) is 14.3. The summed E-state index contributed by atoms with van der Waals surface area (Å²) in [7, 11) is 2.04. The van der Waals surface area contributed by atoms with Crippen LogP contribution in [0.4, 0.5) is 0 Å². The van der Waals surface area contributed by atoms with E-state index in [0.29, 0.717) is 5.84 Å². The Balaban J connectivity index is 1.66. The van der Waals surface area contributed by atoms with Crippen LogP contribution in [0.25, 0.3) is 0 Å². The van der Waals surface area contributed by atoms with Crippen LogP contribution in [0.2, 0.25) is 0 Å². The van der Waals surface area contributed by atoms with Crippen molar-refractivity contribution in [3.05, 3.63) is 12.3 Å². The number of likely N-dealkylation sites (tertiary alicyclic amines) is 1. The summed E-state index contributed by atoms with van der Waals surface area (Å²) < 4.78 is 5.76. The van der Waals surface area contributed by atoms with Gasteiger partial charge < -0.3 is 21.1 Å². The van der Waals surface area contributed by atoms with Gasteiger partial charge in [-0.15, -0.1) is 0 Å². The molecule has 6 nitrogen and oxygen atoms in total. The van der Waals surface area contributed by atoms with Gasteiger partial charge in [-0.05, 0) is 25.8 Å². The number of amidine groups is 1. The van der Waals surface area contributed by atoms with Crippen molar-refractivity contribution in [1.29, 1.82) is 0 Å². The van der Waals surface area contributed by atoms with E-state index in [2.05, 4.69) is 21.7 Å². The molecule has 3 heterocycles. The number of hydrogen-bond donors (Lipinski definition) is 2. The molecule has 0 aliphatic carbocycles. The molecule has 0 aromatic heterocycles. The summed E-state index contributed by atoms with van der Waals surface area (Å²) in [4.78, 5) is 9.00. The van der Waals surface area contributed by atoms with E-state index in [-0.39, 0.29) is 23.9 Å². The molecule has 1 unspecified atom stereocenters. The average Bonchev–Trinajstić information content (AvgIpc) is 2.72. The van der Waals surface area contributed by atoms with Crippen LogP contribution < -0.4 is 11.5 Å². The second-order valence-electron chi connectivity index (χ2n) is 6.32. The van der Waals surface area contributed by atoms with Crippen LogP contribution in [-0.4, -0.2) is 60.8 Å². The number of nitrogens with zero attached hydrogens (tertiary/aromatic N) is 3. The minimum atomic E-state index is 0.0216. The van der Waals surface area contributed by atoms with Crippen molar-refractivity contribution in [3.63, 3.8) is 0 Å². The lowest BCUT2D eigenvalue weighted by Gasteiger charge is -2.45.